The Kier molecular flexibility index (Phi) is 5.16. The van der Waals surface area contributed by atoms with Crippen molar-refractivity contribution in [2.75, 3.05) is 11.9 Å². The van der Waals surface area contributed by atoms with Crippen LogP contribution in [0.1, 0.15) is 19.4 Å². The van der Waals surface area contributed by atoms with E-state index in [0.717, 1.165) is 17.8 Å². The van der Waals surface area contributed by atoms with Crippen molar-refractivity contribution in [1.29, 1.82) is 0 Å². The fourth-order valence-electron chi connectivity index (χ4n) is 2.06. The number of hydrogen-bond donors (Lipinski definition) is 1. The minimum atomic E-state index is -1.25. The van der Waals surface area contributed by atoms with Gasteiger partial charge in [0.25, 0.3) is 0 Å². The summed E-state index contributed by atoms with van der Waals surface area (Å²) in [4.78, 5) is 13.2. The molecule has 122 valence electrons. The lowest BCUT2D eigenvalue weighted by Gasteiger charge is -2.22. The van der Waals surface area contributed by atoms with Crippen molar-refractivity contribution in [2.45, 2.75) is 26.0 Å². The van der Waals surface area contributed by atoms with Gasteiger partial charge in [0.05, 0.1) is 0 Å². The Hall–Kier alpha value is -2.20. The second kappa shape index (κ2) is 6.92. The molecule has 0 unspecified atom stereocenters. The fraction of sp³-hybridized carbons (Fsp3) is 0.278. The predicted molar refractivity (Wildman–Crippen MR) is 92.3 cm³/mol. The lowest BCUT2D eigenvalue weighted by atomic mass is 10.1. The summed E-state index contributed by atoms with van der Waals surface area (Å²) in [6.07, 6.45) is 0. The molecule has 0 bridgehead atoms. The van der Waals surface area contributed by atoms with Crippen molar-refractivity contribution in [3.8, 4) is 5.75 Å². The Morgan fingerprint density at radius 2 is 1.70 bits per heavy atom. The van der Waals surface area contributed by atoms with Crippen LogP contribution in [0.5, 0.6) is 5.75 Å². The van der Waals surface area contributed by atoms with Gasteiger partial charge in [0.15, 0.2) is 5.60 Å². The first-order valence-corrected chi connectivity index (χ1v) is 7.64. The molecule has 2 aromatic carbocycles. The molecule has 0 atom stereocenters. The maximum Gasteiger partial charge on any atom is 0.347 e. The van der Waals surface area contributed by atoms with E-state index in [4.69, 9.17) is 21.4 Å². The Morgan fingerprint density at radius 3 is 2.22 bits per heavy atom. The second-order valence-electron chi connectivity index (χ2n) is 5.89. The van der Waals surface area contributed by atoms with Gasteiger partial charge in [-0.05, 0) is 55.8 Å². The Labute approximate surface area is 141 Å². The monoisotopic (exact) mass is 333 g/mol. The maximum atomic E-state index is 11.1. The van der Waals surface area contributed by atoms with Crippen LogP contribution in [0.2, 0.25) is 5.02 Å². The number of ether oxygens (including phenoxy) is 1. The van der Waals surface area contributed by atoms with Gasteiger partial charge in [-0.15, -0.1) is 0 Å². The largest absolute Gasteiger partial charge is 0.478 e. The molecule has 0 spiro atoms. The molecule has 0 amide bonds. The van der Waals surface area contributed by atoms with E-state index in [1.54, 1.807) is 12.1 Å². The summed E-state index contributed by atoms with van der Waals surface area (Å²) in [5.74, 6) is -0.459. The van der Waals surface area contributed by atoms with Gasteiger partial charge in [-0.3, -0.25) is 0 Å². The number of carboxylic acids is 1. The van der Waals surface area contributed by atoms with Gasteiger partial charge in [0, 0.05) is 24.3 Å². The highest BCUT2D eigenvalue weighted by atomic mass is 35.5. The van der Waals surface area contributed by atoms with Gasteiger partial charge in [0.2, 0.25) is 0 Å². The van der Waals surface area contributed by atoms with E-state index < -0.39 is 11.6 Å². The number of carboxylic acid groups (broad SMARTS) is 1. The van der Waals surface area contributed by atoms with Crippen LogP contribution in [0, 0.1) is 0 Å². The third-order valence-electron chi connectivity index (χ3n) is 3.50. The number of anilines is 1. The van der Waals surface area contributed by atoms with Gasteiger partial charge >= 0.3 is 5.97 Å². The molecule has 5 heteroatoms. The topological polar surface area (TPSA) is 49.8 Å². The molecule has 4 nitrogen and oxygen atoms in total. The molecule has 1 N–H and O–H groups in total. The summed E-state index contributed by atoms with van der Waals surface area (Å²) in [6.45, 7) is 3.78. The summed E-state index contributed by atoms with van der Waals surface area (Å²) in [5.41, 5.74) is 0.923. The van der Waals surface area contributed by atoms with Crippen LogP contribution >= 0.6 is 11.6 Å². The first-order chi connectivity index (χ1) is 10.8. The van der Waals surface area contributed by atoms with Crippen LogP contribution in [0.25, 0.3) is 0 Å². The summed E-state index contributed by atoms with van der Waals surface area (Å²) in [5, 5.41) is 9.79. The highest BCUT2D eigenvalue weighted by molar-refractivity contribution is 6.30. The van der Waals surface area contributed by atoms with Crippen molar-refractivity contribution < 1.29 is 14.6 Å². The number of benzene rings is 2. The quantitative estimate of drug-likeness (QED) is 0.860. The number of halogens is 1. The van der Waals surface area contributed by atoms with Gasteiger partial charge < -0.3 is 14.7 Å². The summed E-state index contributed by atoms with van der Waals surface area (Å²) in [6, 6.07) is 15.1. The third-order valence-corrected chi connectivity index (χ3v) is 3.75. The van der Waals surface area contributed by atoms with E-state index >= 15 is 0 Å². The molecule has 0 aromatic heterocycles. The van der Waals surface area contributed by atoms with E-state index in [1.165, 1.54) is 13.8 Å². The number of carbonyl (C=O) groups is 1. The van der Waals surface area contributed by atoms with Crippen molar-refractivity contribution in [3.05, 3.63) is 59.1 Å². The van der Waals surface area contributed by atoms with Crippen LogP contribution < -0.4 is 9.64 Å². The number of nitrogens with zero attached hydrogens (tertiary/aromatic N) is 1. The number of aliphatic carboxylic acids is 1. The molecule has 0 aliphatic rings. The summed E-state index contributed by atoms with van der Waals surface area (Å²) >= 11 is 5.89. The molecule has 23 heavy (non-hydrogen) atoms. The Morgan fingerprint density at radius 1 is 1.13 bits per heavy atom. The van der Waals surface area contributed by atoms with E-state index in [1.807, 2.05) is 43.4 Å². The Balaban J connectivity index is 2.02. The standard InChI is InChI=1S/C18H20ClNO3/c1-18(2,17(21)22)23-16-10-4-13(5-11-16)12-20(3)15-8-6-14(19)7-9-15/h4-11H,12H2,1-3H3,(H,21,22). The zero-order chi connectivity index (χ0) is 17.0. The van der Waals surface area contributed by atoms with Crippen molar-refractivity contribution in [2.24, 2.45) is 0 Å². The third kappa shape index (κ3) is 4.63. The van der Waals surface area contributed by atoms with Crippen molar-refractivity contribution in [1.82, 2.24) is 0 Å². The first kappa shape index (κ1) is 17.2. The summed E-state index contributed by atoms with van der Waals surface area (Å²) in [7, 11) is 2.00. The molecule has 0 saturated carbocycles. The number of rotatable bonds is 6. The zero-order valence-electron chi connectivity index (χ0n) is 13.4. The molecule has 0 aliphatic heterocycles. The zero-order valence-corrected chi connectivity index (χ0v) is 14.2. The average Bonchev–Trinajstić information content (AvgIpc) is 2.49. The van der Waals surface area contributed by atoms with Crippen LogP contribution in [0.4, 0.5) is 5.69 Å². The molecule has 0 aliphatic carbocycles. The summed E-state index contributed by atoms with van der Waals surface area (Å²) < 4.78 is 5.49. The highest BCUT2D eigenvalue weighted by Crippen LogP contribution is 2.22. The molecule has 2 aromatic rings. The van der Waals surface area contributed by atoms with Gasteiger partial charge in [-0.25, -0.2) is 4.79 Å². The molecule has 0 heterocycles. The number of hydrogen-bond acceptors (Lipinski definition) is 3. The predicted octanol–water partition coefficient (Wildman–Crippen LogP) is 4.22. The maximum absolute atomic E-state index is 11.1. The van der Waals surface area contributed by atoms with E-state index in [-0.39, 0.29) is 0 Å². The minimum absolute atomic E-state index is 0.537. The van der Waals surface area contributed by atoms with Crippen LogP contribution in [0.3, 0.4) is 0 Å². The van der Waals surface area contributed by atoms with Gasteiger partial charge in [0.1, 0.15) is 5.75 Å². The highest BCUT2D eigenvalue weighted by Gasteiger charge is 2.29. The van der Waals surface area contributed by atoms with E-state index in [2.05, 4.69) is 4.90 Å². The lowest BCUT2D eigenvalue weighted by Crippen LogP contribution is -2.37. The molecule has 0 saturated heterocycles. The van der Waals surface area contributed by atoms with Crippen molar-refractivity contribution in [3.63, 3.8) is 0 Å². The lowest BCUT2D eigenvalue weighted by molar-refractivity contribution is -0.152. The molecular formula is C18H20ClNO3. The Bertz CT molecular complexity index is 666. The smallest absolute Gasteiger partial charge is 0.347 e. The molecule has 0 radical (unpaired) electrons. The SMILES string of the molecule is CN(Cc1ccc(OC(C)(C)C(=O)O)cc1)c1ccc(Cl)cc1. The molecule has 2 rings (SSSR count). The van der Waals surface area contributed by atoms with Crippen molar-refractivity contribution >= 4 is 23.3 Å². The average molecular weight is 334 g/mol. The fourth-order valence-corrected chi connectivity index (χ4v) is 2.19. The van der Waals surface area contributed by atoms with Gasteiger partial charge in [-0.2, -0.15) is 0 Å². The van der Waals surface area contributed by atoms with Crippen LogP contribution in [0.15, 0.2) is 48.5 Å². The van der Waals surface area contributed by atoms with Crippen LogP contribution in [-0.4, -0.2) is 23.7 Å². The normalized spacial score (nSPS) is 11.1. The van der Waals surface area contributed by atoms with E-state index in [0.29, 0.717) is 10.8 Å². The molecular weight excluding hydrogens is 314 g/mol. The van der Waals surface area contributed by atoms with Crippen LogP contribution in [-0.2, 0) is 11.3 Å². The van der Waals surface area contributed by atoms with E-state index in [9.17, 15) is 4.79 Å². The first-order valence-electron chi connectivity index (χ1n) is 7.26. The second-order valence-corrected chi connectivity index (χ2v) is 6.33. The molecule has 0 fully saturated rings. The minimum Gasteiger partial charge on any atom is -0.478 e. The van der Waals surface area contributed by atoms with Gasteiger partial charge in [-0.1, -0.05) is 23.7 Å².